The second-order valence-electron chi connectivity index (χ2n) is 4.44. The first-order chi connectivity index (χ1) is 8.97. The molecule has 1 amide bonds. The van der Waals surface area contributed by atoms with Gasteiger partial charge in [0.25, 0.3) is 5.91 Å². The van der Waals surface area contributed by atoms with Crippen molar-refractivity contribution in [2.24, 2.45) is 0 Å². The molecule has 0 bridgehead atoms. The predicted molar refractivity (Wildman–Crippen MR) is 79.8 cm³/mol. The molecular formula is C13H13BrClN3O. The third-order valence-electron chi connectivity index (χ3n) is 2.64. The minimum atomic E-state index is -0.278. The summed E-state index contributed by atoms with van der Waals surface area (Å²) in [6.45, 7) is 4.09. The molecule has 0 saturated heterocycles. The number of benzene rings is 1. The number of rotatable bonds is 3. The molecule has 0 atom stereocenters. The van der Waals surface area contributed by atoms with Crippen LogP contribution in [-0.2, 0) is 0 Å². The number of carbonyl (C=O) groups is 1. The van der Waals surface area contributed by atoms with E-state index in [-0.39, 0.29) is 5.91 Å². The third-order valence-corrected chi connectivity index (χ3v) is 3.44. The van der Waals surface area contributed by atoms with E-state index in [0.717, 1.165) is 10.2 Å². The summed E-state index contributed by atoms with van der Waals surface area (Å²) in [6.07, 6.45) is 0. The van der Waals surface area contributed by atoms with Gasteiger partial charge < -0.3 is 5.32 Å². The van der Waals surface area contributed by atoms with Crippen molar-refractivity contribution in [1.82, 2.24) is 10.2 Å². The van der Waals surface area contributed by atoms with Crippen LogP contribution < -0.4 is 5.32 Å². The highest BCUT2D eigenvalue weighted by atomic mass is 79.9. The Kier molecular flexibility index (Phi) is 4.27. The van der Waals surface area contributed by atoms with Gasteiger partial charge in [-0.3, -0.25) is 9.89 Å². The molecule has 6 heteroatoms. The molecule has 1 aromatic heterocycles. The SMILES string of the molecule is CC(C)c1cc(NC(=O)c2ccc(Br)cc2Cl)n[nH]1. The summed E-state index contributed by atoms with van der Waals surface area (Å²) in [7, 11) is 0. The number of amides is 1. The first kappa shape index (κ1) is 14.1. The van der Waals surface area contributed by atoms with Gasteiger partial charge in [-0.2, -0.15) is 5.10 Å². The molecule has 0 fully saturated rings. The van der Waals surface area contributed by atoms with Crippen LogP contribution in [-0.4, -0.2) is 16.1 Å². The maximum absolute atomic E-state index is 12.1. The van der Waals surface area contributed by atoms with Gasteiger partial charge in [-0.1, -0.05) is 41.4 Å². The predicted octanol–water partition coefficient (Wildman–Crippen LogP) is 4.20. The smallest absolute Gasteiger partial charge is 0.258 e. The number of H-pyrrole nitrogens is 1. The van der Waals surface area contributed by atoms with Crippen LogP contribution in [0.25, 0.3) is 0 Å². The van der Waals surface area contributed by atoms with Crippen molar-refractivity contribution in [3.8, 4) is 0 Å². The van der Waals surface area contributed by atoms with E-state index in [2.05, 4.69) is 31.4 Å². The van der Waals surface area contributed by atoms with Gasteiger partial charge in [0.1, 0.15) is 0 Å². The van der Waals surface area contributed by atoms with Gasteiger partial charge in [0.05, 0.1) is 10.6 Å². The molecule has 100 valence electrons. The van der Waals surface area contributed by atoms with Crippen LogP contribution in [0.4, 0.5) is 5.82 Å². The number of aromatic nitrogens is 2. The Labute approximate surface area is 124 Å². The fourth-order valence-electron chi connectivity index (χ4n) is 1.55. The minimum Gasteiger partial charge on any atom is -0.305 e. The van der Waals surface area contributed by atoms with Crippen molar-refractivity contribution in [1.29, 1.82) is 0 Å². The first-order valence-corrected chi connectivity index (χ1v) is 6.96. The lowest BCUT2D eigenvalue weighted by Gasteiger charge is -2.04. The van der Waals surface area contributed by atoms with Crippen molar-refractivity contribution in [3.63, 3.8) is 0 Å². The average Bonchev–Trinajstić information content (AvgIpc) is 2.77. The van der Waals surface area contributed by atoms with E-state index >= 15 is 0 Å². The van der Waals surface area contributed by atoms with E-state index in [0.29, 0.717) is 22.3 Å². The molecule has 19 heavy (non-hydrogen) atoms. The summed E-state index contributed by atoms with van der Waals surface area (Å²) in [5.41, 5.74) is 1.39. The van der Waals surface area contributed by atoms with Crippen LogP contribution >= 0.6 is 27.5 Å². The number of halogens is 2. The molecule has 0 spiro atoms. The number of aromatic amines is 1. The Bertz CT molecular complexity index is 610. The number of anilines is 1. The normalized spacial score (nSPS) is 10.8. The van der Waals surface area contributed by atoms with Gasteiger partial charge in [0, 0.05) is 16.2 Å². The highest BCUT2D eigenvalue weighted by molar-refractivity contribution is 9.10. The molecule has 1 heterocycles. The van der Waals surface area contributed by atoms with Gasteiger partial charge in [0.15, 0.2) is 5.82 Å². The molecule has 4 nitrogen and oxygen atoms in total. The number of hydrogen-bond donors (Lipinski definition) is 2. The van der Waals surface area contributed by atoms with E-state index in [1.807, 2.05) is 19.9 Å². The molecular weight excluding hydrogens is 330 g/mol. The van der Waals surface area contributed by atoms with Crippen LogP contribution in [0.1, 0.15) is 35.8 Å². The fourth-order valence-corrected chi connectivity index (χ4v) is 2.31. The minimum absolute atomic E-state index is 0.278. The quantitative estimate of drug-likeness (QED) is 0.878. The number of nitrogens with zero attached hydrogens (tertiary/aromatic N) is 1. The van der Waals surface area contributed by atoms with Gasteiger partial charge in [0.2, 0.25) is 0 Å². The van der Waals surface area contributed by atoms with Crippen molar-refractivity contribution >= 4 is 39.3 Å². The van der Waals surface area contributed by atoms with Crippen molar-refractivity contribution < 1.29 is 4.79 Å². The van der Waals surface area contributed by atoms with Crippen LogP contribution in [0.15, 0.2) is 28.7 Å². The lowest BCUT2D eigenvalue weighted by Crippen LogP contribution is -2.12. The van der Waals surface area contributed by atoms with Gasteiger partial charge in [-0.15, -0.1) is 0 Å². The maximum Gasteiger partial charge on any atom is 0.258 e. The van der Waals surface area contributed by atoms with Crippen molar-refractivity contribution in [2.45, 2.75) is 19.8 Å². The Morgan fingerprint density at radius 1 is 1.42 bits per heavy atom. The summed E-state index contributed by atoms with van der Waals surface area (Å²) in [5, 5.41) is 10.0. The molecule has 0 saturated carbocycles. The average molecular weight is 343 g/mol. The highest BCUT2D eigenvalue weighted by Gasteiger charge is 2.13. The monoisotopic (exact) mass is 341 g/mol. The van der Waals surface area contributed by atoms with Gasteiger partial charge in [-0.25, -0.2) is 0 Å². The molecule has 2 rings (SSSR count). The molecule has 0 aliphatic rings. The highest BCUT2D eigenvalue weighted by Crippen LogP contribution is 2.22. The van der Waals surface area contributed by atoms with E-state index in [4.69, 9.17) is 11.6 Å². The van der Waals surface area contributed by atoms with E-state index in [9.17, 15) is 4.79 Å². The molecule has 0 aliphatic heterocycles. The maximum atomic E-state index is 12.1. The second kappa shape index (κ2) is 5.75. The van der Waals surface area contributed by atoms with Crippen molar-refractivity contribution in [2.75, 3.05) is 5.32 Å². The zero-order valence-electron chi connectivity index (χ0n) is 10.5. The van der Waals surface area contributed by atoms with Gasteiger partial charge in [-0.05, 0) is 24.1 Å². The summed E-state index contributed by atoms with van der Waals surface area (Å²) >= 11 is 9.33. The fraction of sp³-hybridized carbons (Fsp3) is 0.231. The second-order valence-corrected chi connectivity index (χ2v) is 5.76. The Morgan fingerprint density at radius 2 is 2.16 bits per heavy atom. The molecule has 1 aromatic carbocycles. The summed E-state index contributed by atoms with van der Waals surface area (Å²) in [5.74, 6) is 0.543. The first-order valence-electron chi connectivity index (χ1n) is 5.79. The van der Waals surface area contributed by atoms with E-state index in [1.165, 1.54) is 0 Å². The number of hydrogen-bond acceptors (Lipinski definition) is 2. The lowest BCUT2D eigenvalue weighted by molar-refractivity contribution is 0.102. The Morgan fingerprint density at radius 3 is 2.74 bits per heavy atom. The van der Waals surface area contributed by atoms with Crippen LogP contribution in [0.2, 0.25) is 5.02 Å². The Hall–Kier alpha value is -1.33. The lowest BCUT2D eigenvalue weighted by atomic mass is 10.1. The van der Waals surface area contributed by atoms with Crippen molar-refractivity contribution in [3.05, 3.63) is 45.0 Å². The molecule has 0 aliphatic carbocycles. The van der Waals surface area contributed by atoms with E-state index < -0.39 is 0 Å². The molecule has 0 unspecified atom stereocenters. The Balaban J connectivity index is 2.16. The topological polar surface area (TPSA) is 57.8 Å². The summed E-state index contributed by atoms with van der Waals surface area (Å²) < 4.78 is 0.830. The third kappa shape index (κ3) is 3.36. The standard InChI is InChI=1S/C13H13BrClN3O/c1-7(2)11-6-12(18-17-11)16-13(19)9-4-3-8(14)5-10(9)15/h3-7H,1-2H3,(H2,16,17,18,19). The van der Waals surface area contributed by atoms with Crippen LogP contribution in [0.3, 0.4) is 0 Å². The number of carbonyl (C=O) groups excluding carboxylic acids is 1. The zero-order valence-corrected chi connectivity index (χ0v) is 12.8. The van der Waals surface area contributed by atoms with E-state index in [1.54, 1.807) is 18.2 Å². The zero-order chi connectivity index (χ0) is 14.0. The van der Waals surface area contributed by atoms with Gasteiger partial charge >= 0.3 is 0 Å². The summed E-state index contributed by atoms with van der Waals surface area (Å²) in [4.78, 5) is 12.1. The number of nitrogens with one attached hydrogen (secondary N) is 2. The van der Waals surface area contributed by atoms with Crippen LogP contribution in [0, 0.1) is 0 Å². The largest absolute Gasteiger partial charge is 0.305 e. The van der Waals surface area contributed by atoms with Crippen LogP contribution in [0.5, 0.6) is 0 Å². The molecule has 2 aromatic rings. The molecule has 2 N–H and O–H groups in total. The summed E-state index contributed by atoms with van der Waals surface area (Å²) in [6, 6.07) is 6.93. The molecule has 0 radical (unpaired) electrons.